The highest BCUT2D eigenvalue weighted by atomic mass is 19.1. The Morgan fingerprint density at radius 3 is 2.73 bits per heavy atom. The zero-order valence-electron chi connectivity index (χ0n) is 8.80. The van der Waals surface area contributed by atoms with Gasteiger partial charge in [0.15, 0.2) is 0 Å². The largest absolute Gasteiger partial charge is 0.384 e. The van der Waals surface area contributed by atoms with Crippen LogP contribution in [0.2, 0.25) is 0 Å². The van der Waals surface area contributed by atoms with Crippen molar-refractivity contribution in [1.29, 1.82) is 0 Å². The normalized spacial score (nSPS) is 18.3. The number of rotatable bonds is 4. The Bertz CT molecular complexity index is 329. The van der Waals surface area contributed by atoms with Gasteiger partial charge in [-0.1, -0.05) is 12.5 Å². The predicted molar refractivity (Wildman–Crippen MR) is 60.2 cm³/mol. The molecule has 1 aliphatic rings. The van der Waals surface area contributed by atoms with Crippen molar-refractivity contribution in [2.45, 2.75) is 19.3 Å². The molecule has 0 bridgehead atoms. The van der Waals surface area contributed by atoms with E-state index in [0.29, 0.717) is 0 Å². The zero-order valence-corrected chi connectivity index (χ0v) is 8.80. The van der Waals surface area contributed by atoms with Crippen LogP contribution in [0.3, 0.4) is 0 Å². The summed E-state index contributed by atoms with van der Waals surface area (Å²) >= 11 is 0. The third-order valence-electron chi connectivity index (χ3n) is 3.34. The van der Waals surface area contributed by atoms with Gasteiger partial charge in [0.1, 0.15) is 5.82 Å². The smallest absolute Gasteiger partial charge is 0.125 e. The van der Waals surface area contributed by atoms with Crippen molar-refractivity contribution in [3.8, 4) is 0 Å². The summed E-state index contributed by atoms with van der Waals surface area (Å²) in [5.41, 5.74) is 6.85. The van der Waals surface area contributed by atoms with Gasteiger partial charge in [-0.2, -0.15) is 0 Å². The minimum absolute atomic E-state index is 0.199. The highest BCUT2D eigenvalue weighted by molar-refractivity contribution is 5.43. The number of halogens is 1. The monoisotopic (exact) mass is 208 g/mol. The van der Waals surface area contributed by atoms with Crippen molar-refractivity contribution in [1.82, 2.24) is 0 Å². The third kappa shape index (κ3) is 2.29. The summed E-state index contributed by atoms with van der Waals surface area (Å²) in [6.45, 7) is 1.57. The summed E-state index contributed by atoms with van der Waals surface area (Å²) in [6.07, 6.45) is 3.64. The molecule has 0 aromatic heterocycles. The maximum atomic E-state index is 12.9. The number of nitrogens with two attached hydrogens (primary N) is 1. The fraction of sp³-hybridized carbons (Fsp3) is 0.500. The molecule has 2 nitrogen and oxygen atoms in total. The number of anilines is 1. The molecule has 1 aromatic carbocycles. The van der Waals surface area contributed by atoms with E-state index in [0.717, 1.165) is 18.8 Å². The molecular formula is C12H17FN2. The number of benzene rings is 1. The molecule has 1 fully saturated rings. The molecule has 0 heterocycles. The van der Waals surface area contributed by atoms with Gasteiger partial charge >= 0.3 is 0 Å². The van der Waals surface area contributed by atoms with E-state index >= 15 is 0 Å². The van der Waals surface area contributed by atoms with E-state index in [9.17, 15) is 4.39 Å². The molecule has 0 amide bonds. The summed E-state index contributed by atoms with van der Waals surface area (Å²) in [6, 6.07) is 6.57. The Hall–Kier alpha value is -1.09. The molecule has 2 rings (SSSR count). The van der Waals surface area contributed by atoms with E-state index in [1.165, 1.54) is 31.4 Å². The Balaban J connectivity index is 1.92. The van der Waals surface area contributed by atoms with Crippen molar-refractivity contribution in [2.24, 2.45) is 11.1 Å². The van der Waals surface area contributed by atoms with Gasteiger partial charge in [-0.25, -0.2) is 4.39 Å². The van der Waals surface area contributed by atoms with Gasteiger partial charge in [-0.15, -0.1) is 0 Å². The summed E-state index contributed by atoms with van der Waals surface area (Å²) in [5, 5.41) is 3.26. The van der Waals surface area contributed by atoms with E-state index in [4.69, 9.17) is 5.73 Å². The van der Waals surface area contributed by atoms with Crippen LogP contribution in [0.25, 0.3) is 0 Å². The lowest BCUT2D eigenvalue weighted by atomic mass is 9.69. The summed E-state index contributed by atoms with van der Waals surface area (Å²) < 4.78 is 12.9. The Kier molecular flexibility index (Phi) is 2.91. The lowest BCUT2D eigenvalue weighted by molar-refractivity contribution is 0.163. The first kappa shape index (κ1) is 10.4. The molecule has 0 atom stereocenters. The SMILES string of the molecule is NCC1(CNc2cccc(F)c2)CCC1. The standard InChI is InChI=1S/C12H17FN2/c13-10-3-1-4-11(7-10)15-9-12(8-14)5-2-6-12/h1,3-4,7,15H,2,5-6,8-9,14H2. The molecule has 3 N–H and O–H groups in total. The number of nitrogens with one attached hydrogen (secondary N) is 1. The molecule has 82 valence electrons. The Morgan fingerprint density at radius 1 is 1.40 bits per heavy atom. The first-order chi connectivity index (χ1) is 7.24. The van der Waals surface area contributed by atoms with Crippen LogP contribution < -0.4 is 11.1 Å². The first-order valence-electron chi connectivity index (χ1n) is 5.44. The fourth-order valence-corrected chi connectivity index (χ4v) is 2.02. The quantitative estimate of drug-likeness (QED) is 0.797. The molecule has 15 heavy (non-hydrogen) atoms. The van der Waals surface area contributed by atoms with Crippen LogP contribution >= 0.6 is 0 Å². The minimum atomic E-state index is -0.199. The van der Waals surface area contributed by atoms with E-state index in [1.807, 2.05) is 6.07 Å². The molecule has 1 aromatic rings. The lowest BCUT2D eigenvalue weighted by Gasteiger charge is -2.41. The zero-order chi connectivity index (χ0) is 10.7. The van der Waals surface area contributed by atoms with E-state index in [-0.39, 0.29) is 11.2 Å². The Morgan fingerprint density at radius 2 is 2.20 bits per heavy atom. The van der Waals surface area contributed by atoms with Crippen molar-refractivity contribution in [2.75, 3.05) is 18.4 Å². The van der Waals surface area contributed by atoms with Crippen molar-refractivity contribution in [3.63, 3.8) is 0 Å². The molecular weight excluding hydrogens is 191 g/mol. The van der Waals surface area contributed by atoms with Crippen molar-refractivity contribution in [3.05, 3.63) is 30.1 Å². The van der Waals surface area contributed by atoms with Gasteiger partial charge in [-0.3, -0.25) is 0 Å². The van der Waals surface area contributed by atoms with Crippen LogP contribution in [0.15, 0.2) is 24.3 Å². The van der Waals surface area contributed by atoms with Crippen LogP contribution in [0.1, 0.15) is 19.3 Å². The van der Waals surface area contributed by atoms with Gasteiger partial charge in [0.05, 0.1) is 0 Å². The second kappa shape index (κ2) is 4.19. The topological polar surface area (TPSA) is 38.0 Å². The van der Waals surface area contributed by atoms with Crippen LogP contribution in [0, 0.1) is 11.2 Å². The predicted octanol–water partition coefficient (Wildman–Crippen LogP) is 2.37. The molecule has 0 radical (unpaired) electrons. The molecule has 0 aliphatic heterocycles. The van der Waals surface area contributed by atoms with Crippen LogP contribution in [0.5, 0.6) is 0 Å². The summed E-state index contributed by atoms with van der Waals surface area (Å²) in [7, 11) is 0. The third-order valence-corrected chi connectivity index (χ3v) is 3.34. The lowest BCUT2D eigenvalue weighted by Crippen LogP contribution is -2.42. The maximum Gasteiger partial charge on any atom is 0.125 e. The number of hydrogen-bond acceptors (Lipinski definition) is 2. The molecule has 0 unspecified atom stereocenters. The van der Waals surface area contributed by atoms with Crippen LogP contribution in [-0.4, -0.2) is 13.1 Å². The van der Waals surface area contributed by atoms with Crippen molar-refractivity contribution >= 4 is 5.69 Å². The summed E-state index contributed by atoms with van der Waals surface area (Å²) in [4.78, 5) is 0. The van der Waals surface area contributed by atoms with Gasteiger partial charge in [0.2, 0.25) is 0 Å². The minimum Gasteiger partial charge on any atom is -0.384 e. The van der Waals surface area contributed by atoms with E-state index in [1.54, 1.807) is 6.07 Å². The molecule has 3 heteroatoms. The molecule has 0 saturated heterocycles. The number of hydrogen-bond donors (Lipinski definition) is 2. The molecule has 1 saturated carbocycles. The second-order valence-electron chi connectivity index (χ2n) is 4.42. The maximum absolute atomic E-state index is 12.9. The summed E-state index contributed by atoms with van der Waals surface area (Å²) in [5.74, 6) is -0.199. The average Bonchev–Trinajstić information content (AvgIpc) is 2.17. The van der Waals surface area contributed by atoms with Crippen molar-refractivity contribution < 1.29 is 4.39 Å². The highest BCUT2D eigenvalue weighted by Gasteiger charge is 2.35. The average molecular weight is 208 g/mol. The second-order valence-corrected chi connectivity index (χ2v) is 4.42. The van der Waals surface area contributed by atoms with Gasteiger partial charge in [0.25, 0.3) is 0 Å². The van der Waals surface area contributed by atoms with Gasteiger partial charge < -0.3 is 11.1 Å². The van der Waals surface area contributed by atoms with Crippen LogP contribution in [0.4, 0.5) is 10.1 Å². The van der Waals surface area contributed by atoms with Crippen LogP contribution in [-0.2, 0) is 0 Å². The molecule has 0 spiro atoms. The molecule has 1 aliphatic carbocycles. The van der Waals surface area contributed by atoms with Gasteiger partial charge in [-0.05, 0) is 43.0 Å². The Labute approximate surface area is 89.7 Å². The van der Waals surface area contributed by atoms with E-state index < -0.39 is 0 Å². The first-order valence-corrected chi connectivity index (χ1v) is 5.44. The van der Waals surface area contributed by atoms with Gasteiger partial charge in [0, 0.05) is 12.2 Å². The highest BCUT2D eigenvalue weighted by Crippen LogP contribution is 2.39. The fourth-order valence-electron chi connectivity index (χ4n) is 2.02. The van der Waals surface area contributed by atoms with E-state index in [2.05, 4.69) is 5.32 Å².